The molecule has 8 nitrogen and oxygen atoms in total. The normalized spacial score (nSPS) is 17.3. The second kappa shape index (κ2) is 9.86. The van der Waals surface area contributed by atoms with Crippen LogP contribution in [0.3, 0.4) is 0 Å². The first kappa shape index (κ1) is 20.6. The number of carbonyl (C=O) groups is 1. The zero-order valence-corrected chi connectivity index (χ0v) is 15.7. The first-order valence-corrected chi connectivity index (χ1v) is 10.2. The van der Waals surface area contributed by atoms with Gasteiger partial charge in [-0.2, -0.15) is 0 Å². The minimum absolute atomic E-state index is 0.0761. The van der Waals surface area contributed by atoms with E-state index < -0.39 is 16.0 Å². The van der Waals surface area contributed by atoms with Crippen LogP contribution in [0.4, 0.5) is 5.69 Å². The summed E-state index contributed by atoms with van der Waals surface area (Å²) in [5.41, 5.74) is 0.300. The number of hydrogen-bond acceptors (Lipinski definition) is 6. The first-order valence-electron chi connectivity index (χ1n) is 8.74. The molecule has 0 radical (unpaired) electrons. The van der Waals surface area contributed by atoms with Crippen molar-refractivity contribution in [2.45, 2.75) is 37.2 Å². The Morgan fingerprint density at radius 3 is 2.88 bits per heavy atom. The molecule has 1 aromatic carbocycles. The lowest BCUT2D eigenvalue weighted by atomic mass is 10.2. The maximum Gasteiger partial charge on any atom is 0.337 e. The zero-order valence-electron chi connectivity index (χ0n) is 14.9. The molecule has 1 saturated heterocycles. The summed E-state index contributed by atoms with van der Waals surface area (Å²) in [5, 5.41) is 12.4. The van der Waals surface area contributed by atoms with E-state index in [0.29, 0.717) is 32.1 Å². The molecule has 0 aliphatic carbocycles. The lowest BCUT2D eigenvalue weighted by molar-refractivity contribution is 0.0697. The molecule has 1 aliphatic rings. The third-order valence-corrected chi connectivity index (χ3v) is 5.46. The van der Waals surface area contributed by atoms with Crippen LogP contribution in [0.1, 0.15) is 36.5 Å². The summed E-state index contributed by atoms with van der Waals surface area (Å²) in [6, 6.07) is 4.05. The van der Waals surface area contributed by atoms with Crippen LogP contribution in [0, 0.1) is 0 Å². The summed E-state index contributed by atoms with van der Waals surface area (Å²) in [5.74, 6) is -1.19. The minimum atomic E-state index is -3.79. The first-order chi connectivity index (χ1) is 12.4. The number of nitrogens with one attached hydrogen (secondary N) is 2. The van der Waals surface area contributed by atoms with Crippen molar-refractivity contribution in [2.75, 3.05) is 38.2 Å². The Hall–Kier alpha value is -1.68. The standard InChI is InChI=1S/C17H26N2O6S/c1-2-24-9-4-8-18-16-7-6-14(11-15(16)17(20)21)26(22,23)19-12-13-5-3-10-25-13/h6-7,11,13,18-19H,2-5,8-10,12H2,1H3,(H,20,21). The molecule has 1 unspecified atom stereocenters. The molecule has 0 saturated carbocycles. The van der Waals surface area contributed by atoms with Gasteiger partial charge in [0.25, 0.3) is 0 Å². The molecular weight excluding hydrogens is 360 g/mol. The Bertz CT molecular complexity index is 701. The SMILES string of the molecule is CCOCCCNc1ccc(S(=O)(=O)NCC2CCCO2)cc1C(=O)O. The Kier molecular flexibility index (Phi) is 7.83. The van der Waals surface area contributed by atoms with Crippen LogP contribution in [0.25, 0.3) is 0 Å². The molecule has 3 N–H and O–H groups in total. The van der Waals surface area contributed by atoms with E-state index in [1.807, 2.05) is 6.92 Å². The average Bonchev–Trinajstić information content (AvgIpc) is 3.13. The number of anilines is 1. The van der Waals surface area contributed by atoms with Crippen molar-refractivity contribution in [2.24, 2.45) is 0 Å². The van der Waals surface area contributed by atoms with Crippen molar-refractivity contribution in [3.63, 3.8) is 0 Å². The van der Waals surface area contributed by atoms with Gasteiger partial charge in [0, 0.05) is 38.6 Å². The van der Waals surface area contributed by atoms with Crippen LogP contribution in [0.2, 0.25) is 0 Å². The van der Waals surface area contributed by atoms with Gasteiger partial charge in [0.15, 0.2) is 0 Å². The molecule has 9 heteroatoms. The van der Waals surface area contributed by atoms with Crippen molar-refractivity contribution < 1.29 is 27.8 Å². The third kappa shape index (κ3) is 5.94. The van der Waals surface area contributed by atoms with Crippen LogP contribution in [0.5, 0.6) is 0 Å². The van der Waals surface area contributed by atoms with Gasteiger partial charge < -0.3 is 19.9 Å². The molecule has 26 heavy (non-hydrogen) atoms. The molecular formula is C17H26N2O6S. The van der Waals surface area contributed by atoms with Gasteiger partial charge in [0.2, 0.25) is 10.0 Å². The van der Waals surface area contributed by atoms with Gasteiger partial charge in [-0.1, -0.05) is 0 Å². The van der Waals surface area contributed by atoms with Crippen molar-refractivity contribution in [1.29, 1.82) is 0 Å². The second-order valence-electron chi connectivity index (χ2n) is 5.98. The van der Waals surface area contributed by atoms with Crippen molar-refractivity contribution >= 4 is 21.7 Å². The highest BCUT2D eigenvalue weighted by Crippen LogP contribution is 2.21. The van der Waals surface area contributed by atoms with Crippen LogP contribution < -0.4 is 10.0 Å². The topological polar surface area (TPSA) is 114 Å². The number of sulfonamides is 1. The maximum atomic E-state index is 12.4. The Labute approximate surface area is 153 Å². The summed E-state index contributed by atoms with van der Waals surface area (Å²) in [6.07, 6.45) is 2.32. The van der Waals surface area contributed by atoms with E-state index in [0.717, 1.165) is 19.3 Å². The van der Waals surface area contributed by atoms with Gasteiger partial charge in [-0.05, 0) is 44.4 Å². The predicted octanol–water partition coefficient (Wildman–Crippen LogP) is 1.68. The Morgan fingerprint density at radius 2 is 2.23 bits per heavy atom. The zero-order chi connectivity index (χ0) is 19.0. The lowest BCUT2D eigenvalue weighted by Crippen LogP contribution is -2.32. The van der Waals surface area contributed by atoms with E-state index in [2.05, 4.69) is 10.0 Å². The van der Waals surface area contributed by atoms with Crippen molar-refractivity contribution in [3.05, 3.63) is 23.8 Å². The maximum absolute atomic E-state index is 12.4. The fourth-order valence-electron chi connectivity index (χ4n) is 2.65. The third-order valence-electron chi connectivity index (χ3n) is 4.04. The van der Waals surface area contributed by atoms with E-state index in [9.17, 15) is 18.3 Å². The molecule has 1 atom stereocenters. The quantitative estimate of drug-likeness (QED) is 0.496. The molecule has 1 aromatic rings. The van der Waals surface area contributed by atoms with Gasteiger partial charge in [-0.25, -0.2) is 17.9 Å². The summed E-state index contributed by atoms with van der Waals surface area (Å²) in [6.45, 7) is 4.46. The van der Waals surface area contributed by atoms with Crippen LogP contribution in [-0.2, 0) is 19.5 Å². The summed E-state index contributed by atoms with van der Waals surface area (Å²) in [4.78, 5) is 11.4. The largest absolute Gasteiger partial charge is 0.478 e. The molecule has 2 rings (SSSR count). The van der Waals surface area contributed by atoms with Gasteiger partial charge in [-0.3, -0.25) is 0 Å². The highest BCUT2D eigenvalue weighted by Gasteiger charge is 2.22. The van der Waals surface area contributed by atoms with E-state index >= 15 is 0 Å². The lowest BCUT2D eigenvalue weighted by Gasteiger charge is -2.14. The monoisotopic (exact) mass is 386 g/mol. The molecule has 0 spiro atoms. The molecule has 1 heterocycles. The number of carboxylic acids is 1. The molecule has 1 fully saturated rings. The molecule has 1 aliphatic heterocycles. The number of carboxylic acid groups (broad SMARTS) is 1. The van der Waals surface area contributed by atoms with Crippen LogP contribution in [-0.4, -0.2) is 58.5 Å². The summed E-state index contributed by atoms with van der Waals surface area (Å²) < 4.78 is 37.9. The van der Waals surface area contributed by atoms with E-state index in [4.69, 9.17) is 9.47 Å². The van der Waals surface area contributed by atoms with E-state index in [1.165, 1.54) is 18.2 Å². The summed E-state index contributed by atoms with van der Waals surface area (Å²) in [7, 11) is -3.79. The number of hydrogen-bond donors (Lipinski definition) is 3. The van der Waals surface area contributed by atoms with Crippen molar-refractivity contribution in [1.82, 2.24) is 4.72 Å². The fraction of sp³-hybridized carbons (Fsp3) is 0.588. The average molecular weight is 386 g/mol. The van der Waals surface area contributed by atoms with E-state index in [1.54, 1.807) is 0 Å². The number of rotatable bonds is 11. The van der Waals surface area contributed by atoms with E-state index in [-0.39, 0.29) is 23.1 Å². The summed E-state index contributed by atoms with van der Waals surface area (Å²) >= 11 is 0. The fourth-order valence-corrected chi connectivity index (χ4v) is 3.75. The predicted molar refractivity (Wildman–Crippen MR) is 97.2 cm³/mol. The van der Waals surface area contributed by atoms with Gasteiger partial charge in [0.05, 0.1) is 16.6 Å². The molecule has 0 amide bonds. The molecule has 0 aromatic heterocycles. The minimum Gasteiger partial charge on any atom is -0.478 e. The van der Waals surface area contributed by atoms with Crippen molar-refractivity contribution in [3.8, 4) is 0 Å². The van der Waals surface area contributed by atoms with Gasteiger partial charge >= 0.3 is 5.97 Å². The highest BCUT2D eigenvalue weighted by molar-refractivity contribution is 7.89. The van der Waals surface area contributed by atoms with Crippen LogP contribution >= 0.6 is 0 Å². The number of ether oxygens (including phenoxy) is 2. The van der Waals surface area contributed by atoms with Gasteiger partial charge in [0.1, 0.15) is 0 Å². The Balaban J connectivity index is 2.04. The Morgan fingerprint density at radius 1 is 1.42 bits per heavy atom. The second-order valence-corrected chi connectivity index (χ2v) is 7.74. The van der Waals surface area contributed by atoms with Crippen LogP contribution in [0.15, 0.2) is 23.1 Å². The number of benzene rings is 1. The van der Waals surface area contributed by atoms with Gasteiger partial charge in [-0.15, -0.1) is 0 Å². The smallest absolute Gasteiger partial charge is 0.337 e. The molecule has 0 bridgehead atoms. The molecule has 146 valence electrons. The highest BCUT2D eigenvalue weighted by atomic mass is 32.2. The number of aromatic carboxylic acids is 1.